The van der Waals surface area contributed by atoms with E-state index >= 15 is 0 Å². The fourth-order valence-corrected chi connectivity index (χ4v) is 2.81. The summed E-state index contributed by atoms with van der Waals surface area (Å²) in [6.45, 7) is 0. The van der Waals surface area contributed by atoms with Gasteiger partial charge in [-0.25, -0.2) is 0 Å². The first-order chi connectivity index (χ1) is 9.76. The van der Waals surface area contributed by atoms with Crippen LogP contribution in [0.1, 0.15) is 5.56 Å². The molecule has 0 saturated heterocycles. The first-order valence-electron chi connectivity index (χ1n) is 6.24. The van der Waals surface area contributed by atoms with Crippen molar-refractivity contribution in [3.63, 3.8) is 0 Å². The second kappa shape index (κ2) is 7.10. The zero-order valence-electron chi connectivity index (χ0n) is 11.9. The quantitative estimate of drug-likeness (QED) is 0.751. The molecule has 0 N–H and O–H groups in total. The summed E-state index contributed by atoms with van der Waals surface area (Å²) in [5, 5.41) is 0. The fourth-order valence-electron chi connectivity index (χ4n) is 1.82. The second-order valence-electron chi connectivity index (χ2n) is 4.16. The van der Waals surface area contributed by atoms with Gasteiger partial charge >= 0.3 is 0 Å². The summed E-state index contributed by atoms with van der Waals surface area (Å²) in [4.78, 5) is 1.06. The summed E-state index contributed by atoms with van der Waals surface area (Å²) in [6, 6.07) is 13.9. The third-order valence-electron chi connectivity index (χ3n) is 2.90. The van der Waals surface area contributed by atoms with Gasteiger partial charge in [0.15, 0.2) is 0 Å². The highest BCUT2D eigenvalue weighted by Gasteiger charge is 2.06. The van der Waals surface area contributed by atoms with Crippen LogP contribution in [0, 0.1) is 0 Å². The lowest BCUT2D eigenvalue weighted by Crippen LogP contribution is -1.90. The van der Waals surface area contributed by atoms with Gasteiger partial charge in [0, 0.05) is 5.75 Å². The van der Waals surface area contributed by atoms with Gasteiger partial charge in [0.2, 0.25) is 0 Å². The Kier molecular flexibility index (Phi) is 5.18. The van der Waals surface area contributed by atoms with Crippen LogP contribution in [0.3, 0.4) is 0 Å². The molecule has 0 fully saturated rings. The predicted molar refractivity (Wildman–Crippen MR) is 82.1 cm³/mol. The maximum atomic E-state index is 5.38. The molecule has 0 aliphatic carbocycles. The lowest BCUT2D eigenvalue weighted by atomic mass is 10.2. The van der Waals surface area contributed by atoms with Gasteiger partial charge in [0.25, 0.3) is 0 Å². The van der Waals surface area contributed by atoms with Gasteiger partial charge in [-0.1, -0.05) is 12.1 Å². The molecule has 2 aromatic carbocycles. The Bertz CT molecular complexity index is 569. The first kappa shape index (κ1) is 14.6. The maximum absolute atomic E-state index is 5.38. The van der Waals surface area contributed by atoms with E-state index in [2.05, 4.69) is 6.07 Å². The molecule has 0 aliphatic rings. The normalized spacial score (nSPS) is 10.2. The number of benzene rings is 2. The molecular formula is C16H18O3S. The van der Waals surface area contributed by atoms with Crippen LogP contribution >= 0.6 is 11.8 Å². The van der Waals surface area contributed by atoms with Crippen LogP contribution < -0.4 is 14.2 Å². The lowest BCUT2D eigenvalue weighted by molar-refractivity contribution is 0.394. The summed E-state index contributed by atoms with van der Waals surface area (Å²) in [6.07, 6.45) is 0. The number of ether oxygens (including phenoxy) is 3. The SMILES string of the molecule is COc1cccc(CSc2cc(OC)ccc2OC)c1. The molecule has 0 atom stereocenters. The predicted octanol–water partition coefficient (Wildman–Crippen LogP) is 4.00. The van der Waals surface area contributed by atoms with E-state index in [4.69, 9.17) is 14.2 Å². The fraction of sp³-hybridized carbons (Fsp3) is 0.250. The molecule has 0 spiro atoms. The van der Waals surface area contributed by atoms with Gasteiger partial charge < -0.3 is 14.2 Å². The van der Waals surface area contributed by atoms with Crippen LogP contribution in [0.25, 0.3) is 0 Å². The Morgan fingerprint density at radius 1 is 0.850 bits per heavy atom. The molecule has 4 heteroatoms. The van der Waals surface area contributed by atoms with E-state index in [1.807, 2.05) is 36.4 Å². The Labute approximate surface area is 123 Å². The van der Waals surface area contributed by atoms with Crippen LogP contribution in [0.5, 0.6) is 17.2 Å². The van der Waals surface area contributed by atoms with E-state index < -0.39 is 0 Å². The van der Waals surface area contributed by atoms with Crippen LogP contribution in [0.2, 0.25) is 0 Å². The average molecular weight is 290 g/mol. The largest absolute Gasteiger partial charge is 0.497 e. The standard InChI is InChI=1S/C16H18O3S/c1-17-13-6-4-5-12(9-13)11-20-16-10-14(18-2)7-8-15(16)19-3/h4-10H,11H2,1-3H3. The molecule has 2 rings (SSSR count). The molecule has 0 amide bonds. The number of methoxy groups -OCH3 is 3. The summed E-state index contributed by atoms with van der Waals surface area (Å²) >= 11 is 1.71. The number of hydrogen-bond acceptors (Lipinski definition) is 4. The van der Waals surface area contributed by atoms with Gasteiger partial charge in [-0.15, -0.1) is 11.8 Å². The van der Waals surface area contributed by atoms with E-state index in [1.54, 1.807) is 33.1 Å². The second-order valence-corrected chi connectivity index (χ2v) is 5.17. The van der Waals surface area contributed by atoms with E-state index in [9.17, 15) is 0 Å². The van der Waals surface area contributed by atoms with Crippen LogP contribution in [-0.2, 0) is 5.75 Å². The summed E-state index contributed by atoms with van der Waals surface area (Å²) in [5.74, 6) is 3.42. The Morgan fingerprint density at radius 2 is 1.60 bits per heavy atom. The Morgan fingerprint density at radius 3 is 2.30 bits per heavy atom. The highest BCUT2D eigenvalue weighted by Crippen LogP contribution is 2.34. The minimum Gasteiger partial charge on any atom is -0.497 e. The molecule has 0 bridgehead atoms. The lowest BCUT2D eigenvalue weighted by Gasteiger charge is -2.10. The minimum absolute atomic E-state index is 0.832. The highest BCUT2D eigenvalue weighted by atomic mass is 32.2. The van der Waals surface area contributed by atoms with Crippen molar-refractivity contribution in [2.24, 2.45) is 0 Å². The van der Waals surface area contributed by atoms with E-state index in [0.717, 1.165) is 27.9 Å². The Hall–Kier alpha value is -1.81. The Balaban J connectivity index is 2.12. The molecule has 0 aromatic heterocycles. The van der Waals surface area contributed by atoms with Crippen molar-refractivity contribution in [2.75, 3.05) is 21.3 Å². The molecule has 106 valence electrons. The zero-order valence-corrected chi connectivity index (χ0v) is 12.7. The van der Waals surface area contributed by atoms with Gasteiger partial charge in [0.1, 0.15) is 17.2 Å². The topological polar surface area (TPSA) is 27.7 Å². The minimum atomic E-state index is 0.832. The summed E-state index contributed by atoms with van der Waals surface area (Å²) in [7, 11) is 5.02. The van der Waals surface area contributed by atoms with Crippen molar-refractivity contribution in [3.8, 4) is 17.2 Å². The monoisotopic (exact) mass is 290 g/mol. The molecule has 2 aromatic rings. The number of rotatable bonds is 6. The van der Waals surface area contributed by atoms with Gasteiger partial charge in [-0.05, 0) is 35.9 Å². The molecule has 0 aliphatic heterocycles. The average Bonchev–Trinajstić information content (AvgIpc) is 2.52. The van der Waals surface area contributed by atoms with Crippen molar-refractivity contribution >= 4 is 11.8 Å². The molecule has 0 saturated carbocycles. The van der Waals surface area contributed by atoms with Gasteiger partial charge in [0.05, 0.1) is 26.2 Å². The van der Waals surface area contributed by atoms with Crippen LogP contribution in [-0.4, -0.2) is 21.3 Å². The zero-order chi connectivity index (χ0) is 14.4. The number of thioether (sulfide) groups is 1. The van der Waals surface area contributed by atoms with Gasteiger partial charge in [-0.3, -0.25) is 0 Å². The third kappa shape index (κ3) is 3.61. The van der Waals surface area contributed by atoms with Crippen molar-refractivity contribution in [1.29, 1.82) is 0 Å². The third-order valence-corrected chi connectivity index (χ3v) is 4.01. The first-order valence-corrected chi connectivity index (χ1v) is 7.23. The molecule has 0 radical (unpaired) electrons. The van der Waals surface area contributed by atoms with E-state index in [-0.39, 0.29) is 0 Å². The van der Waals surface area contributed by atoms with Crippen LogP contribution in [0.15, 0.2) is 47.4 Å². The van der Waals surface area contributed by atoms with E-state index in [1.165, 1.54) is 5.56 Å². The van der Waals surface area contributed by atoms with Crippen molar-refractivity contribution < 1.29 is 14.2 Å². The molecule has 3 nitrogen and oxygen atoms in total. The maximum Gasteiger partial charge on any atom is 0.132 e. The van der Waals surface area contributed by atoms with Crippen molar-refractivity contribution in [1.82, 2.24) is 0 Å². The van der Waals surface area contributed by atoms with Gasteiger partial charge in [-0.2, -0.15) is 0 Å². The van der Waals surface area contributed by atoms with Crippen molar-refractivity contribution in [3.05, 3.63) is 48.0 Å². The number of hydrogen-bond donors (Lipinski definition) is 0. The van der Waals surface area contributed by atoms with Crippen LogP contribution in [0.4, 0.5) is 0 Å². The molecular weight excluding hydrogens is 272 g/mol. The smallest absolute Gasteiger partial charge is 0.132 e. The summed E-state index contributed by atoms with van der Waals surface area (Å²) in [5.41, 5.74) is 1.21. The molecule has 0 heterocycles. The molecule has 0 unspecified atom stereocenters. The summed E-state index contributed by atoms with van der Waals surface area (Å²) < 4.78 is 15.9. The van der Waals surface area contributed by atoms with E-state index in [0.29, 0.717) is 0 Å². The molecule has 20 heavy (non-hydrogen) atoms. The highest BCUT2D eigenvalue weighted by molar-refractivity contribution is 7.98. The van der Waals surface area contributed by atoms with Crippen molar-refractivity contribution in [2.45, 2.75) is 10.6 Å².